The van der Waals surface area contributed by atoms with E-state index in [1.807, 2.05) is 0 Å². The largest absolute Gasteiger partial charge is 0.396 e. The number of benzene rings is 1. The van der Waals surface area contributed by atoms with E-state index < -0.39 is 0 Å². The molecule has 0 unspecified atom stereocenters. The Labute approximate surface area is 109 Å². The van der Waals surface area contributed by atoms with Gasteiger partial charge in [0.15, 0.2) is 0 Å². The molecule has 0 bridgehead atoms. The van der Waals surface area contributed by atoms with E-state index in [1.54, 1.807) is 0 Å². The third-order valence-corrected chi connectivity index (χ3v) is 3.96. The van der Waals surface area contributed by atoms with Crippen molar-refractivity contribution in [2.24, 2.45) is 5.92 Å². The average Bonchev–Trinajstić information content (AvgIpc) is 3.22. The maximum Gasteiger partial charge on any atom is 0.0604 e. The minimum Gasteiger partial charge on any atom is -0.396 e. The van der Waals surface area contributed by atoms with Crippen molar-refractivity contribution in [1.29, 1.82) is 0 Å². The Morgan fingerprint density at radius 1 is 1.06 bits per heavy atom. The van der Waals surface area contributed by atoms with Gasteiger partial charge in [-0.25, -0.2) is 0 Å². The van der Waals surface area contributed by atoms with Gasteiger partial charge in [-0.2, -0.15) is 0 Å². The van der Waals surface area contributed by atoms with Crippen molar-refractivity contribution in [2.45, 2.75) is 19.3 Å². The topological polar surface area (TPSA) is 26.7 Å². The molecule has 3 heteroatoms. The summed E-state index contributed by atoms with van der Waals surface area (Å²) in [5.41, 5.74) is 2.73. The van der Waals surface area contributed by atoms with Crippen LogP contribution < -0.4 is 9.80 Å². The number of fused-ring (bicyclic) bond motifs is 1. The summed E-state index contributed by atoms with van der Waals surface area (Å²) < 4.78 is 0. The molecule has 0 atom stereocenters. The van der Waals surface area contributed by atoms with Crippen LogP contribution in [-0.4, -0.2) is 37.9 Å². The van der Waals surface area contributed by atoms with Crippen molar-refractivity contribution < 1.29 is 5.11 Å². The van der Waals surface area contributed by atoms with E-state index in [2.05, 4.69) is 34.1 Å². The fraction of sp³-hybridized carbons (Fsp3) is 0.600. The van der Waals surface area contributed by atoms with Gasteiger partial charge in [0.05, 0.1) is 11.4 Å². The van der Waals surface area contributed by atoms with E-state index in [1.165, 1.54) is 30.8 Å². The molecule has 1 aromatic rings. The summed E-state index contributed by atoms with van der Waals surface area (Å²) >= 11 is 0. The lowest BCUT2D eigenvalue weighted by Crippen LogP contribution is -2.42. The molecule has 3 nitrogen and oxygen atoms in total. The number of aliphatic hydroxyl groups excluding tert-OH is 1. The van der Waals surface area contributed by atoms with E-state index in [0.717, 1.165) is 32.0 Å². The van der Waals surface area contributed by atoms with Gasteiger partial charge in [-0.15, -0.1) is 0 Å². The van der Waals surface area contributed by atoms with Crippen LogP contribution in [0.5, 0.6) is 0 Å². The maximum atomic E-state index is 8.99. The van der Waals surface area contributed by atoms with Crippen molar-refractivity contribution in [3.63, 3.8) is 0 Å². The Balaban J connectivity index is 1.77. The number of hydrogen-bond donors (Lipinski definition) is 1. The highest BCUT2D eigenvalue weighted by Crippen LogP contribution is 2.37. The van der Waals surface area contributed by atoms with Gasteiger partial charge in [-0.1, -0.05) is 12.1 Å². The molecule has 1 saturated carbocycles. The Morgan fingerprint density at radius 2 is 1.72 bits per heavy atom. The third kappa shape index (κ3) is 2.46. The minimum absolute atomic E-state index is 0.282. The molecular weight excluding hydrogens is 224 g/mol. The number of rotatable bonds is 5. The smallest absolute Gasteiger partial charge is 0.0604 e. The highest BCUT2D eigenvalue weighted by atomic mass is 16.3. The van der Waals surface area contributed by atoms with Gasteiger partial charge < -0.3 is 14.9 Å². The van der Waals surface area contributed by atoms with Crippen LogP contribution in [0.2, 0.25) is 0 Å². The van der Waals surface area contributed by atoms with Crippen LogP contribution >= 0.6 is 0 Å². The molecule has 18 heavy (non-hydrogen) atoms. The quantitative estimate of drug-likeness (QED) is 0.862. The van der Waals surface area contributed by atoms with Crippen molar-refractivity contribution in [2.75, 3.05) is 42.6 Å². The van der Waals surface area contributed by atoms with Crippen molar-refractivity contribution in [1.82, 2.24) is 0 Å². The van der Waals surface area contributed by atoms with E-state index in [-0.39, 0.29) is 6.61 Å². The normalized spacial score (nSPS) is 18.9. The Hall–Kier alpha value is -1.22. The van der Waals surface area contributed by atoms with E-state index in [4.69, 9.17) is 5.11 Å². The van der Waals surface area contributed by atoms with Gasteiger partial charge in [0.1, 0.15) is 0 Å². The van der Waals surface area contributed by atoms with Crippen molar-refractivity contribution in [3.05, 3.63) is 24.3 Å². The molecule has 0 aromatic heterocycles. The van der Waals surface area contributed by atoms with Gasteiger partial charge in [0, 0.05) is 32.8 Å². The zero-order valence-electron chi connectivity index (χ0n) is 10.9. The highest BCUT2D eigenvalue weighted by molar-refractivity contribution is 5.73. The SMILES string of the molecule is OCCCN1CCN(CC2CC2)c2ccccc21. The molecular formula is C15H22N2O. The number of nitrogens with zero attached hydrogens (tertiary/aromatic N) is 2. The standard InChI is InChI=1S/C15H22N2O/c18-11-3-8-16-9-10-17(12-13-6-7-13)15-5-2-1-4-14(15)16/h1-2,4-5,13,18H,3,6-12H2. The van der Waals surface area contributed by atoms with E-state index in [9.17, 15) is 0 Å². The van der Waals surface area contributed by atoms with Crippen LogP contribution in [0.1, 0.15) is 19.3 Å². The first-order chi connectivity index (χ1) is 8.88. The molecule has 1 aromatic carbocycles. The van der Waals surface area contributed by atoms with Crippen LogP contribution in [0.4, 0.5) is 11.4 Å². The molecule has 0 amide bonds. The molecule has 1 N–H and O–H groups in total. The summed E-state index contributed by atoms with van der Waals surface area (Å²) in [5, 5.41) is 8.99. The first-order valence-corrected chi connectivity index (χ1v) is 7.08. The lowest BCUT2D eigenvalue weighted by atomic mass is 10.1. The Morgan fingerprint density at radius 3 is 2.39 bits per heavy atom. The average molecular weight is 246 g/mol. The molecule has 2 aliphatic rings. The van der Waals surface area contributed by atoms with Crippen LogP contribution in [0, 0.1) is 5.92 Å². The lowest BCUT2D eigenvalue weighted by Gasteiger charge is -2.39. The van der Waals surface area contributed by atoms with Crippen LogP contribution in [0.3, 0.4) is 0 Å². The number of hydrogen-bond acceptors (Lipinski definition) is 3. The van der Waals surface area contributed by atoms with Crippen molar-refractivity contribution in [3.8, 4) is 0 Å². The van der Waals surface area contributed by atoms with Gasteiger partial charge >= 0.3 is 0 Å². The summed E-state index contributed by atoms with van der Waals surface area (Å²) in [5.74, 6) is 0.932. The molecule has 0 saturated heterocycles. The first-order valence-electron chi connectivity index (χ1n) is 7.08. The third-order valence-electron chi connectivity index (χ3n) is 3.96. The maximum absolute atomic E-state index is 8.99. The number of para-hydroxylation sites is 2. The van der Waals surface area contributed by atoms with Gasteiger partial charge in [-0.05, 0) is 37.3 Å². The molecule has 98 valence electrons. The molecule has 1 fully saturated rings. The molecule has 3 rings (SSSR count). The fourth-order valence-electron chi connectivity index (χ4n) is 2.78. The van der Waals surface area contributed by atoms with Gasteiger partial charge in [-0.3, -0.25) is 0 Å². The Bertz CT molecular complexity index is 403. The van der Waals surface area contributed by atoms with Crippen LogP contribution in [0.25, 0.3) is 0 Å². The summed E-state index contributed by atoms with van der Waals surface area (Å²) in [7, 11) is 0. The predicted molar refractivity (Wildman–Crippen MR) is 75.3 cm³/mol. The predicted octanol–water partition coefficient (Wildman–Crippen LogP) is 2.11. The summed E-state index contributed by atoms with van der Waals surface area (Å²) in [6.45, 7) is 4.68. The fourth-order valence-corrected chi connectivity index (χ4v) is 2.78. The summed E-state index contributed by atoms with van der Waals surface area (Å²) in [6, 6.07) is 8.70. The second kappa shape index (κ2) is 5.19. The van der Waals surface area contributed by atoms with Gasteiger partial charge in [0.25, 0.3) is 0 Å². The molecule has 1 aliphatic heterocycles. The zero-order valence-corrected chi connectivity index (χ0v) is 10.9. The number of anilines is 2. The number of aliphatic hydroxyl groups is 1. The summed E-state index contributed by atoms with van der Waals surface area (Å²) in [6.07, 6.45) is 3.68. The van der Waals surface area contributed by atoms with Crippen LogP contribution in [-0.2, 0) is 0 Å². The highest BCUT2D eigenvalue weighted by Gasteiger charge is 2.28. The monoisotopic (exact) mass is 246 g/mol. The van der Waals surface area contributed by atoms with E-state index >= 15 is 0 Å². The van der Waals surface area contributed by atoms with Crippen LogP contribution in [0.15, 0.2) is 24.3 Å². The first kappa shape index (κ1) is 11.8. The Kier molecular flexibility index (Phi) is 3.41. The minimum atomic E-state index is 0.282. The lowest BCUT2D eigenvalue weighted by molar-refractivity contribution is 0.289. The van der Waals surface area contributed by atoms with Crippen molar-refractivity contribution >= 4 is 11.4 Å². The summed E-state index contributed by atoms with van der Waals surface area (Å²) in [4.78, 5) is 4.96. The zero-order chi connectivity index (χ0) is 12.4. The second-order valence-electron chi connectivity index (χ2n) is 5.44. The molecule has 1 heterocycles. The second-order valence-corrected chi connectivity index (χ2v) is 5.44. The van der Waals surface area contributed by atoms with Gasteiger partial charge in [0.2, 0.25) is 0 Å². The molecule has 1 aliphatic carbocycles. The molecule has 0 radical (unpaired) electrons. The van der Waals surface area contributed by atoms with E-state index in [0.29, 0.717) is 0 Å². The molecule has 0 spiro atoms.